The molecule has 0 bridgehead atoms. The molecule has 1 atom stereocenters. The second-order valence-corrected chi connectivity index (χ2v) is 4.29. The van der Waals surface area contributed by atoms with Gasteiger partial charge in [-0.25, -0.2) is 8.42 Å². The van der Waals surface area contributed by atoms with Gasteiger partial charge in [-0.1, -0.05) is 0 Å². The molecule has 1 N–H and O–H groups in total. The van der Waals surface area contributed by atoms with Crippen molar-refractivity contribution in [1.29, 1.82) is 5.26 Å². The molecule has 0 spiro atoms. The van der Waals surface area contributed by atoms with Gasteiger partial charge < -0.3 is 5.11 Å². The molecule has 0 saturated carbocycles. The van der Waals surface area contributed by atoms with E-state index in [1.807, 2.05) is 0 Å². The van der Waals surface area contributed by atoms with Crippen molar-refractivity contribution >= 4 is 9.84 Å². The van der Waals surface area contributed by atoms with Crippen molar-refractivity contribution in [1.82, 2.24) is 0 Å². The summed E-state index contributed by atoms with van der Waals surface area (Å²) in [5, 5.41) is 16.8. The molecule has 0 amide bonds. The molecule has 58 valence electrons. The van der Waals surface area contributed by atoms with Gasteiger partial charge >= 0.3 is 0 Å². The number of nitrogens with zero attached hydrogens (tertiary/aromatic N) is 1. The van der Waals surface area contributed by atoms with E-state index in [1.165, 1.54) is 0 Å². The Morgan fingerprint density at radius 1 is 1.70 bits per heavy atom. The van der Waals surface area contributed by atoms with Crippen LogP contribution in [0.4, 0.5) is 0 Å². The van der Waals surface area contributed by atoms with Crippen LogP contribution >= 0.6 is 0 Å². The third-order valence-electron chi connectivity index (χ3n) is 0.822. The van der Waals surface area contributed by atoms with E-state index in [2.05, 4.69) is 0 Å². The van der Waals surface area contributed by atoms with Crippen molar-refractivity contribution < 1.29 is 13.5 Å². The number of aliphatic hydroxyl groups is 1. The van der Waals surface area contributed by atoms with Crippen molar-refractivity contribution in [3.63, 3.8) is 0 Å². The Morgan fingerprint density at radius 3 is 2.50 bits per heavy atom. The SMILES string of the molecule is CS(=O)(=O)CC(O)CC#N. The van der Waals surface area contributed by atoms with Crippen molar-refractivity contribution in [3.8, 4) is 6.07 Å². The maximum absolute atomic E-state index is 10.4. The summed E-state index contributed by atoms with van der Waals surface area (Å²) in [6.45, 7) is 0. The van der Waals surface area contributed by atoms with Crippen LogP contribution in [-0.4, -0.2) is 31.6 Å². The highest BCUT2D eigenvalue weighted by atomic mass is 32.2. The van der Waals surface area contributed by atoms with Gasteiger partial charge in [0.15, 0.2) is 0 Å². The predicted octanol–water partition coefficient (Wildman–Crippen LogP) is -0.694. The number of rotatable bonds is 3. The first-order valence-electron chi connectivity index (χ1n) is 2.68. The molecule has 0 fully saturated rings. The van der Waals surface area contributed by atoms with Crippen LogP contribution in [0.25, 0.3) is 0 Å². The molecule has 0 heterocycles. The predicted molar refractivity (Wildman–Crippen MR) is 35.9 cm³/mol. The topological polar surface area (TPSA) is 78.2 Å². The average Bonchev–Trinajstić information content (AvgIpc) is 1.59. The van der Waals surface area contributed by atoms with Gasteiger partial charge in [-0.3, -0.25) is 0 Å². The molecule has 0 saturated heterocycles. The molecule has 0 aliphatic rings. The lowest BCUT2D eigenvalue weighted by Gasteiger charge is -2.01. The van der Waals surface area contributed by atoms with E-state index >= 15 is 0 Å². The van der Waals surface area contributed by atoms with Crippen LogP contribution in [0.3, 0.4) is 0 Å². The van der Waals surface area contributed by atoms with E-state index in [0.717, 1.165) is 6.26 Å². The first-order valence-corrected chi connectivity index (χ1v) is 4.74. The van der Waals surface area contributed by atoms with Gasteiger partial charge in [0.2, 0.25) is 0 Å². The molecule has 4 nitrogen and oxygen atoms in total. The highest BCUT2D eigenvalue weighted by Crippen LogP contribution is 1.94. The van der Waals surface area contributed by atoms with Crippen molar-refractivity contribution in [2.24, 2.45) is 0 Å². The van der Waals surface area contributed by atoms with Crippen molar-refractivity contribution in [3.05, 3.63) is 0 Å². The lowest BCUT2D eigenvalue weighted by atomic mass is 10.3. The quantitative estimate of drug-likeness (QED) is 0.597. The van der Waals surface area contributed by atoms with Crippen LogP contribution in [-0.2, 0) is 9.84 Å². The molecule has 5 heteroatoms. The molecule has 0 aromatic carbocycles. The van der Waals surface area contributed by atoms with E-state index in [9.17, 15) is 8.42 Å². The van der Waals surface area contributed by atoms with Crippen molar-refractivity contribution in [2.75, 3.05) is 12.0 Å². The second kappa shape index (κ2) is 3.54. The van der Waals surface area contributed by atoms with Crippen LogP contribution in [0.5, 0.6) is 0 Å². The van der Waals surface area contributed by atoms with E-state index in [0.29, 0.717) is 0 Å². The molecular formula is C5H9NO3S. The minimum Gasteiger partial charge on any atom is -0.391 e. The molecule has 0 rings (SSSR count). The molecular weight excluding hydrogens is 154 g/mol. The smallest absolute Gasteiger partial charge is 0.150 e. The maximum atomic E-state index is 10.4. The van der Waals surface area contributed by atoms with Crippen LogP contribution in [0.1, 0.15) is 6.42 Å². The van der Waals surface area contributed by atoms with Gasteiger partial charge in [-0.15, -0.1) is 0 Å². The summed E-state index contributed by atoms with van der Waals surface area (Å²) in [5.41, 5.74) is 0. The zero-order chi connectivity index (χ0) is 8.20. The van der Waals surface area contributed by atoms with Gasteiger partial charge in [0.25, 0.3) is 0 Å². The molecule has 0 aliphatic carbocycles. The van der Waals surface area contributed by atoms with Crippen LogP contribution in [0.2, 0.25) is 0 Å². The van der Waals surface area contributed by atoms with Crippen LogP contribution in [0.15, 0.2) is 0 Å². The molecule has 0 aromatic rings. The molecule has 1 unspecified atom stereocenters. The maximum Gasteiger partial charge on any atom is 0.150 e. The third-order valence-corrected chi connectivity index (χ3v) is 1.81. The monoisotopic (exact) mass is 163 g/mol. The minimum absolute atomic E-state index is 0.132. The normalized spacial score (nSPS) is 14.1. The number of sulfone groups is 1. The lowest BCUT2D eigenvalue weighted by Crippen LogP contribution is -2.18. The summed E-state index contributed by atoms with van der Waals surface area (Å²) in [4.78, 5) is 0. The van der Waals surface area contributed by atoms with E-state index in [1.54, 1.807) is 6.07 Å². The van der Waals surface area contributed by atoms with Crippen molar-refractivity contribution in [2.45, 2.75) is 12.5 Å². The van der Waals surface area contributed by atoms with E-state index in [-0.39, 0.29) is 12.2 Å². The van der Waals surface area contributed by atoms with Gasteiger partial charge in [-0.2, -0.15) is 5.26 Å². The molecule has 10 heavy (non-hydrogen) atoms. The zero-order valence-corrected chi connectivity index (χ0v) is 6.43. The number of aliphatic hydroxyl groups excluding tert-OH is 1. The first-order chi connectivity index (χ1) is 4.45. The Labute approximate surface area is 60.0 Å². The van der Waals surface area contributed by atoms with Gasteiger partial charge in [0, 0.05) is 6.26 Å². The van der Waals surface area contributed by atoms with E-state index in [4.69, 9.17) is 10.4 Å². The summed E-state index contributed by atoms with van der Waals surface area (Å²) in [5.74, 6) is -0.333. The number of nitriles is 1. The summed E-state index contributed by atoms with van der Waals surface area (Å²) in [6, 6.07) is 1.68. The standard InChI is InChI=1S/C5H9NO3S/c1-10(8,9)4-5(7)2-3-6/h5,7H,2,4H2,1H3. The Morgan fingerprint density at radius 2 is 2.20 bits per heavy atom. The summed E-state index contributed by atoms with van der Waals surface area (Å²) in [7, 11) is -3.15. The Kier molecular flexibility index (Phi) is 3.33. The fourth-order valence-electron chi connectivity index (χ4n) is 0.514. The molecule has 0 aliphatic heterocycles. The Bertz CT molecular complexity index is 226. The fraction of sp³-hybridized carbons (Fsp3) is 0.800. The highest BCUT2D eigenvalue weighted by Gasteiger charge is 2.10. The second-order valence-electron chi connectivity index (χ2n) is 2.11. The number of hydrogen-bond acceptors (Lipinski definition) is 4. The van der Waals surface area contributed by atoms with E-state index < -0.39 is 15.9 Å². The molecule has 0 radical (unpaired) electrons. The third kappa shape index (κ3) is 5.54. The van der Waals surface area contributed by atoms with Crippen LogP contribution < -0.4 is 0 Å². The van der Waals surface area contributed by atoms with Gasteiger partial charge in [0.05, 0.1) is 24.3 Å². The first kappa shape index (κ1) is 9.40. The zero-order valence-electron chi connectivity index (χ0n) is 5.61. The average molecular weight is 163 g/mol. The Balaban J connectivity index is 3.83. The highest BCUT2D eigenvalue weighted by molar-refractivity contribution is 7.90. The number of hydrogen-bond donors (Lipinski definition) is 1. The summed E-state index contributed by atoms with van der Waals surface area (Å²) < 4.78 is 20.9. The fourth-order valence-corrected chi connectivity index (χ4v) is 1.33. The molecule has 0 aromatic heterocycles. The van der Waals surface area contributed by atoms with Gasteiger partial charge in [0.1, 0.15) is 9.84 Å². The minimum atomic E-state index is -3.15. The Hall–Kier alpha value is -0.600. The van der Waals surface area contributed by atoms with Crippen LogP contribution in [0, 0.1) is 11.3 Å². The summed E-state index contributed by atoms with van der Waals surface area (Å²) in [6.07, 6.45) is -0.152. The summed E-state index contributed by atoms with van der Waals surface area (Å²) >= 11 is 0. The largest absolute Gasteiger partial charge is 0.391 e. The lowest BCUT2D eigenvalue weighted by molar-refractivity contribution is 0.203. The van der Waals surface area contributed by atoms with Gasteiger partial charge in [-0.05, 0) is 0 Å².